The number of hydrogen-bond acceptors (Lipinski definition) is 3. The molecule has 0 unspecified atom stereocenters. The molecule has 1 rings (SSSR count). The molecule has 0 bridgehead atoms. The van der Waals surface area contributed by atoms with Crippen LogP contribution in [0.1, 0.15) is 26.7 Å². The van der Waals surface area contributed by atoms with Crippen LogP contribution in [0.2, 0.25) is 0 Å². The van der Waals surface area contributed by atoms with Gasteiger partial charge in [0.05, 0.1) is 6.61 Å². The van der Waals surface area contributed by atoms with Crippen molar-refractivity contribution in [3.63, 3.8) is 0 Å². The lowest BCUT2D eigenvalue weighted by Crippen LogP contribution is -2.17. The number of carbonyl (C=O) groups is 2. The second kappa shape index (κ2) is 6.46. The molecule has 1 fully saturated rings. The molecule has 1 amide bonds. The zero-order chi connectivity index (χ0) is 10.3. The molecule has 0 aromatic heterocycles. The van der Waals surface area contributed by atoms with Crippen LogP contribution in [0.4, 0.5) is 0 Å². The maximum absolute atomic E-state index is 10.5. The van der Waals surface area contributed by atoms with Crippen molar-refractivity contribution in [3.05, 3.63) is 0 Å². The van der Waals surface area contributed by atoms with Crippen LogP contribution in [0.15, 0.2) is 0 Å². The summed E-state index contributed by atoms with van der Waals surface area (Å²) in [5.41, 5.74) is 0. The predicted molar refractivity (Wildman–Crippen MR) is 49.2 cm³/mol. The van der Waals surface area contributed by atoms with Gasteiger partial charge < -0.3 is 9.64 Å². The van der Waals surface area contributed by atoms with Gasteiger partial charge in [-0.15, -0.1) is 0 Å². The van der Waals surface area contributed by atoms with Crippen molar-refractivity contribution >= 4 is 11.9 Å². The second-order valence-electron chi connectivity index (χ2n) is 2.84. The number of rotatable bonds is 1. The van der Waals surface area contributed by atoms with Crippen molar-refractivity contribution in [1.82, 2.24) is 4.90 Å². The maximum Gasteiger partial charge on any atom is 0.302 e. The van der Waals surface area contributed by atoms with Crippen molar-refractivity contribution in [2.45, 2.75) is 26.7 Å². The summed E-state index contributed by atoms with van der Waals surface area (Å²) in [5, 5.41) is 0. The van der Waals surface area contributed by atoms with Crippen LogP contribution < -0.4 is 0 Å². The molecule has 1 heterocycles. The van der Waals surface area contributed by atoms with Crippen LogP contribution in [0.3, 0.4) is 0 Å². The van der Waals surface area contributed by atoms with E-state index in [-0.39, 0.29) is 5.97 Å². The van der Waals surface area contributed by atoms with E-state index in [9.17, 15) is 9.59 Å². The highest BCUT2D eigenvalue weighted by Gasteiger charge is 2.14. The van der Waals surface area contributed by atoms with Crippen molar-refractivity contribution in [1.29, 1.82) is 0 Å². The van der Waals surface area contributed by atoms with Gasteiger partial charge in [0, 0.05) is 26.9 Å². The molecule has 0 radical (unpaired) electrons. The molecular weight excluding hydrogens is 170 g/mol. The van der Waals surface area contributed by atoms with Gasteiger partial charge in [-0.05, 0) is 13.3 Å². The van der Waals surface area contributed by atoms with Crippen molar-refractivity contribution in [2.24, 2.45) is 0 Å². The van der Waals surface area contributed by atoms with Gasteiger partial charge in [-0.3, -0.25) is 9.59 Å². The molecule has 1 aliphatic heterocycles. The van der Waals surface area contributed by atoms with Crippen LogP contribution in [0.25, 0.3) is 0 Å². The van der Waals surface area contributed by atoms with Crippen LogP contribution >= 0.6 is 0 Å². The van der Waals surface area contributed by atoms with E-state index >= 15 is 0 Å². The molecule has 1 saturated heterocycles. The maximum atomic E-state index is 10.5. The minimum absolute atomic E-state index is 0.211. The Labute approximate surface area is 78.9 Å². The van der Waals surface area contributed by atoms with Gasteiger partial charge in [0.25, 0.3) is 0 Å². The smallest absolute Gasteiger partial charge is 0.302 e. The molecule has 4 nitrogen and oxygen atoms in total. The second-order valence-corrected chi connectivity index (χ2v) is 2.84. The summed E-state index contributed by atoms with van der Waals surface area (Å²) >= 11 is 0. The van der Waals surface area contributed by atoms with E-state index in [0.29, 0.717) is 12.5 Å². The Hall–Kier alpha value is -1.06. The lowest BCUT2D eigenvalue weighted by Gasteiger charge is -2.03. The first-order valence-corrected chi connectivity index (χ1v) is 4.45. The lowest BCUT2D eigenvalue weighted by atomic mass is 10.4. The van der Waals surface area contributed by atoms with Gasteiger partial charge in [-0.25, -0.2) is 0 Å². The molecule has 0 aliphatic carbocycles. The van der Waals surface area contributed by atoms with Gasteiger partial charge in [0.2, 0.25) is 5.91 Å². The molecule has 4 heteroatoms. The topological polar surface area (TPSA) is 46.6 Å². The zero-order valence-corrected chi connectivity index (χ0v) is 8.50. The third-order valence-electron chi connectivity index (χ3n) is 1.66. The monoisotopic (exact) mass is 187 g/mol. The summed E-state index contributed by atoms with van der Waals surface area (Å²) < 4.78 is 4.40. The molecular formula is C9H17NO3. The van der Waals surface area contributed by atoms with E-state index in [0.717, 1.165) is 19.4 Å². The van der Waals surface area contributed by atoms with Gasteiger partial charge in [-0.1, -0.05) is 0 Å². The Morgan fingerprint density at radius 3 is 2.31 bits per heavy atom. The normalized spacial score (nSPS) is 15.0. The third kappa shape index (κ3) is 6.13. The first kappa shape index (κ1) is 11.9. The standard InChI is InChI=1S/C5H9NO.C4H8O2/c1-6-4-2-3-5(6)7;1-3-6-4(2)5/h2-4H2,1H3;3H2,1-2H3. The Kier molecular flexibility index (Phi) is 5.93. The fraction of sp³-hybridized carbons (Fsp3) is 0.778. The average molecular weight is 187 g/mol. The quantitative estimate of drug-likeness (QED) is 0.571. The van der Waals surface area contributed by atoms with Crippen molar-refractivity contribution in [3.8, 4) is 0 Å². The van der Waals surface area contributed by atoms with Crippen LogP contribution in [-0.4, -0.2) is 37.0 Å². The van der Waals surface area contributed by atoms with Crippen LogP contribution in [-0.2, 0) is 14.3 Å². The van der Waals surface area contributed by atoms with Crippen molar-refractivity contribution in [2.75, 3.05) is 20.2 Å². The van der Waals surface area contributed by atoms with Crippen LogP contribution in [0.5, 0.6) is 0 Å². The van der Waals surface area contributed by atoms with E-state index in [1.54, 1.807) is 11.8 Å². The molecule has 0 saturated carbocycles. The number of esters is 1. The number of carbonyl (C=O) groups excluding carboxylic acids is 2. The number of nitrogens with zero attached hydrogens (tertiary/aromatic N) is 1. The molecule has 13 heavy (non-hydrogen) atoms. The molecule has 76 valence electrons. The molecule has 0 aromatic carbocycles. The van der Waals surface area contributed by atoms with E-state index in [2.05, 4.69) is 4.74 Å². The number of ether oxygens (including phenoxy) is 1. The summed E-state index contributed by atoms with van der Waals surface area (Å²) in [4.78, 5) is 22.1. The molecule has 0 atom stereocenters. The van der Waals surface area contributed by atoms with E-state index < -0.39 is 0 Å². The number of likely N-dealkylation sites (tertiary alicyclic amines) is 1. The first-order chi connectivity index (χ1) is 6.07. The Morgan fingerprint density at radius 2 is 2.23 bits per heavy atom. The Balaban J connectivity index is 0.000000226. The number of amides is 1. The summed E-state index contributed by atoms with van der Waals surface area (Å²) in [6, 6.07) is 0. The van der Waals surface area contributed by atoms with Gasteiger partial charge >= 0.3 is 5.97 Å². The van der Waals surface area contributed by atoms with E-state index in [1.165, 1.54) is 6.92 Å². The highest BCUT2D eigenvalue weighted by Crippen LogP contribution is 2.04. The first-order valence-electron chi connectivity index (χ1n) is 4.45. The highest BCUT2D eigenvalue weighted by molar-refractivity contribution is 5.77. The van der Waals surface area contributed by atoms with Crippen molar-refractivity contribution < 1.29 is 14.3 Å². The Morgan fingerprint density at radius 1 is 1.62 bits per heavy atom. The summed E-state index contributed by atoms with van der Waals surface area (Å²) in [7, 11) is 1.84. The largest absolute Gasteiger partial charge is 0.466 e. The summed E-state index contributed by atoms with van der Waals surface area (Å²) in [6.45, 7) is 4.61. The van der Waals surface area contributed by atoms with Crippen LogP contribution in [0, 0.1) is 0 Å². The fourth-order valence-electron chi connectivity index (χ4n) is 0.986. The van der Waals surface area contributed by atoms with E-state index in [4.69, 9.17) is 0 Å². The third-order valence-corrected chi connectivity index (χ3v) is 1.66. The lowest BCUT2D eigenvalue weighted by molar-refractivity contribution is -0.140. The predicted octanol–water partition coefficient (Wildman–Crippen LogP) is 0.808. The number of hydrogen-bond donors (Lipinski definition) is 0. The Bertz CT molecular complexity index is 180. The summed E-state index contributed by atoms with van der Waals surface area (Å²) in [6.07, 6.45) is 1.81. The van der Waals surface area contributed by atoms with Gasteiger partial charge in [0.1, 0.15) is 0 Å². The minimum atomic E-state index is -0.211. The summed E-state index contributed by atoms with van der Waals surface area (Å²) in [5.74, 6) is 0.0810. The SMILES string of the molecule is CCOC(C)=O.CN1CCCC1=O. The van der Waals surface area contributed by atoms with Gasteiger partial charge in [-0.2, -0.15) is 0 Å². The van der Waals surface area contributed by atoms with Gasteiger partial charge in [0.15, 0.2) is 0 Å². The highest BCUT2D eigenvalue weighted by atomic mass is 16.5. The minimum Gasteiger partial charge on any atom is -0.466 e. The molecule has 0 spiro atoms. The molecule has 0 aromatic rings. The molecule has 0 N–H and O–H groups in total. The fourth-order valence-corrected chi connectivity index (χ4v) is 0.986. The average Bonchev–Trinajstić information content (AvgIpc) is 2.37. The van der Waals surface area contributed by atoms with E-state index in [1.807, 2.05) is 7.05 Å². The zero-order valence-electron chi connectivity index (χ0n) is 8.50. The molecule has 1 aliphatic rings.